The van der Waals surface area contributed by atoms with Crippen LogP contribution in [0.5, 0.6) is 0 Å². The van der Waals surface area contributed by atoms with Crippen molar-refractivity contribution in [3.05, 3.63) is 95.6 Å². The van der Waals surface area contributed by atoms with Crippen molar-refractivity contribution in [1.82, 2.24) is 5.32 Å². The van der Waals surface area contributed by atoms with Crippen molar-refractivity contribution < 1.29 is 13.6 Å². The molecule has 3 aromatic carbocycles. The van der Waals surface area contributed by atoms with Crippen molar-refractivity contribution in [2.24, 2.45) is 0 Å². The maximum atomic E-state index is 13.4. The summed E-state index contributed by atoms with van der Waals surface area (Å²) in [5.41, 5.74) is 2.79. The third kappa shape index (κ3) is 3.74. The van der Waals surface area contributed by atoms with Crippen molar-refractivity contribution >= 4 is 5.91 Å². The first-order chi connectivity index (χ1) is 12.1. The molecule has 0 aliphatic heterocycles. The molecule has 2 nitrogen and oxygen atoms in total. The second-order valence-corrected chi connectivity index (χ2v) is 5.78. The van der Waals surface area contributed by atoms with Gasteiger partial charge in [0.15, 0.2) is 11.6 Å². The first-order valence-electron chi connectivity index (χ1n) is 7.96. The minimum Gasteiger partial charge on any atom is -0.345 e. The van der Waals surface area contributed by atoms with Crippen LogP contribution in [0.4, 0.5) is 8.78 Å². The van der Waals surface area contributed by atoms with Gasteiger partial charge in [-0.15, -0.1) is 0 Å². The number of halogens is 2. The average molecular weight is 337 g/mol. The molecule has 0 radical (unpaired) electrons. The first kappa shape index (κ1) is 16.8. The predicted molar refractivity (Wildman–Crippen MR) is 94.1 cm³/mol. The highest BCUT2D eigenvalue weighted by Gasteiger charge is 2.16. The molecule has 0 heterocycles. The summed E-state index contributed by atoms with van der Waals surface area (Å²) in [7, 11) is 0. The van der Waals surface area contributed by atoms with E-state index >= 15 is 0 Å². The fourth-order valence-corrected chi connectivity index (χ4v) is 2.69. The highest BCUT2D eigenvalue weighted by molar-refractivity contribution is 6.01. The van der Waals surface area contributed by atoms with Crippen molar-refractivity contribution in [1.29, 1.82) is 0 Å². The summed E-state index contributed by atoms with van der Waals surface area (Å²) in [4.78, 5) is 12.7. The van der Waals surface area contributed by atoms with Crippen LogP contribution in [0.15, 0.2) is 72.8 Å². The molecule has 0 aromatic heterocycles. The molecule has 0 aliphatic carbocycles. The molecule has 1 amide bonds. The molecule has 3 aromatic rings. The molecule has 0 spiro atoms. The van der Waals surface area contributed by atoms with Gasteiger partial charge < -0.3 is 5.32 Å². The van der Waals surface area contributed by atoms with Crippen molar-refractivity contribution in [3.63, 3.8) is 0 Å². The molecule has 0 saturated carbocycles. The SMILES string of the molecule is C[C@@H](NC(=O)c1ccccc1-c1ccccc1)c1ccc(F)c(F)c1. The summed E-state index contributed by atoms with van der Waals surface area (Å²) < 4.78 is 26.5. The molecular weight excluding hydrogens is 320 g/mol. The Kier molecular flexibility index (Phi) is 4.89. The predicted octanol–water partition coefficient (Wildman–Crippen LogP) is 5.12. The van der Waals surface area contributed by atoms with Crippen LogP contribution in [0.1, 0.15) is 28.9 Å². The van der Waals surface area contributed by atoms with Gasteiger partial charge in [-0.1, -0.05) is 54.6 Å². The smallest absolute Gasteiger partial charge is 0.252 e. The van der Waals surface area contributed by atoms with Crippen LogP contribution in [0.2, 0.25) is 0 Å². The van der Waals surface area contributed by atoms with Gasteiger partial charge in [0, 0.05) is 5.56 Å². The van der Waals surface area contributed by atoms with Crippen molar-refractivity contribution in [3.8, 4) is 11.1 Å². The third-order valence-corrected chi connectivity index (χ3v) is 4.05. The van der Waals surface area contributed by atoms with E-state index in [1.165, 1.54) is 6.07 Å². The Balaban J connectivity index is 1.85. The van der Waals surface area contributed by atoms with E-state index in [9.17, 15) is 13.6 Å². The molecule has 1 atom stereocenters. The van der Waals surface area contributed by atoms with Gasteiger partial charge in [0.05, 0.1) is 6.04 Å². The highest BCUT2D eigenvalue weighted by atomic mass is 19.2. The lowest BCUT2D eigenvalue weighted by Crippen LogP contribution is -2.27. The number of hydrogen-bond donors (Lipinski definition) is 1. The lowest BCUT2D eigenvalue weighted by Gasteiger charge is -2.16. The zero-order valence-electron chi connectivity index (χ0n) is 13.7. The second kappa shape index (κ2) is 7.26. The minimum absolute atomic E-state index is 0.267. The van der Waals surface area contributed by atoms with E-state index in [0.717, 1.165) is 23.3 Å². The molecular formula is C21H17F2NO. The Morgan fingerprint density at radius 2 is 1.56 bits per heavy atom. The maximum Gasteiger partial charge on any atom is 0.252 e. The Morgan fingerprint density at radius 1 is 0.880 bits per heavy atom. The highest BCUT2D eigenvalue weighted by Crippen LogP contribution is 2.24. The van der Waals surface area contributed by atoms with Gasteiger partial charge in [-0.25, -0.2) is 8.78 Å². The number of nitrogens with one attached hydrogen (secondary N) is 1. The monoisotopic (exact) mass is 337 g/mol. The second-order valence-electron chi connectivity index (χ2n) is 5.78. The lowest BCUT2D eigenvalue weighted by molar-refractivity contribution is 0.0940. The van der Waals surface area contributed by atoms with Gasteiger partial charge in [-0.05, 0) is 41.8 Å². The minimum atomic E-state index is -0.928. The number of rotatable bonds is 4. The Hall–Kier alpha value is -3.01. The maximum absolute atomic E-state index is 13.4. The fourth-order valence-electron chi connectivity index (χ4n) is 2.69. The van der Waals surface area contributed by atoms with Gasteiger partial charge in [0.2, 0.25) is 0 Å². The van der Waals surface area contributed by atoms with Crippen LogP contribution in [-0.4, -0.2) is 5.91 Å². The molecule has 4 heteroatoms. The molecule has 0 aliphatic rings. The van der Waals surface area contributed by atoms with Gasteiger partial charge in [-0.3, -0.25) is 4.79 Å². The van der Waals surface area contributed by atoms with E-state index in [4.69, 9.17) is 0 Å². The number of amides is 1. The summed E-state index contributed by atoms with van der Waals surface area (Å²) in [5, 5.41) is 2.84. The largest absolute Gasteiger partial charge is 0.345 e. The average Bonchev–Trinajstić information content (AvgIpc) is 2.64. The van der Waals surface area contributed by atoms with Gasteiger partial charge in [-0.2, -0.15) is 0 Å². The molecule has 0 bridgehead atoms. The zero-order valence-corrected chi connectivity index (χ0v) is 13.7. The van der Waals surface area contributed by atoms with Crippen LogP contribution in [-0.2, 0) is 0 Å². The van der Waals surface area contributed by atoms with E-state index in [0.29, 0.717) is 11.1 Å². The van der Waals surface area contributed by atoms with Crippen LogP contribution in [0.25, 0.3) is 11.1 Å². The normalized spacial score (nSPS) is 11.8. The summed E-state index contributed by atoms with van der Waals surface area (Å²) in [5.74, 6) is -2.10. The van der Waals surface area contributed by atoms with Crippen molar-refractivity contribution in [2.75, 3.05) is 0 Å². The summed E-state index contributed by atoms with van der Waals surface area (Å²) in [6.45, 7) is 1.73. The quantitative estimate of drug-likeness (QED) is 0.703. The molecule has 0 unspecified atom stereocenters. The summed E-state index contributed by atoms with van der Waals surface area (Å²) in [6.07, 6.45) is 0. The molecule has 25 heavy (non-hydrogen) atoms. The number of carbonyl (C=O) groups is 1. The first-order valence-corrected chi connectivity index (χ1v) is 7.96. The Bertz CT molecular complexity index is 893. The molecule has 0 saturated heterocycles. The molecule has 0 fully saturated rings. The zero-order chi connectivity index (χ0) is 17.8. The van der Waals surface area contributed by atoms with Crippen molar-refractivity contribution in [2.45, 2.75) is 13.0 Å². The molecule has 126 valence electrons. The van der Waals surface area contributed by atoms with Crippen LogP contribution < -0.4 is 5.32 Å². The summed E-state index contributed by atoms with van der Waals surface area (Å²) >= 11 is 0. The van der Waals surface area contributed by atoms with Crippen LogP contribution in [0.3, 0.4) is 0 Å². The molecule has 3 rings (SSSR count). The third-order valence-electron chi connectivity index (χ3n) is 4.05. The van der Waals surface area contributed by atoms with E-state index in [2.05, 4.69) is 5.32 Å². The molecule has 1 N–H and O–H groups in total. The topological polar surface area (TPSA) is 29.1 Å². The van der Waals surface area contributed by atoms with E-state index in [1.807, 2.05) is 42.5 Å². The van der Waals surface area contributed by atoms with E-state index in [1.54, 1.807) is 19.1 Å². The van der Waals surface area contributed by atoms with Gasteiger partial charge in [0.1, 0.15) is 0 Å². The number of hydrogen-bond acceptors (Lipinski definition) is 1. The number of carbonyl (C=O) groups excluding carboxylic acids is 1. The number of benzene rings is 3. The van der Waals surface area contributed by atoms with Crippen LogP contribution in [0, 0.1) is 11.6 Å². The van der Waals surface area contributed by atoms with Gasteiger partial charge in [0.25, 0.3) is 5.91 Å². The van der Waals surface area contributed by atoms with E-state index in [-0.39, 0.29) is 5.91 Å². The Morgan fingerprint density at radius 3 is 2.28 bits per heavy atom. The Labute approximate surface area is 145 Å². The summed E-state index contributed by atoms with van der Waals surface area (Å²) in [6, 6.07) is 20.1. The fraction of sp³-hybridized carbons (Fsp3) is 0.0952. The van der Waals surface area contributed by atoms with Gasteiger partial charge >= 0.3 is 0 Å². The lowest BCUT2D eigenvalue weighted by atomic mass is 9.98. The standard InChI is InChI=1S/C21H17F2NO/c1-14(16-11-12-19(22)20(23)13-16)24-21(25)18-10-6-5-9-17(18)15-7-3-2-4-8-15/h2-14H,1H3,(H,24,25)/t14-/m1/s1. The van der Waals surface area contributed by atoms with Crippen LogP contribution >= 0.6 is 0 Å². The van der Waals surface area contributed by atoms with E-state index < -0.39 is 17.7 Å².